The van der Waals surface area contributed by atoms with Crippen molar-refractivity contribution >= 4 is 23.7 Å². The maximum absolute atomic E-state index is 12.6. The van der Waals surface area contributed by atoms with Crippen molar-refractivity contribution in [2.45, 2.75) is 64.1 Å². The van der Waals surface area contributed by atoms with Gasteiger partial charge in [0.2, 0.25) is 17.7 Å². The van der Waals surface area contributed by atoms with E-state index in [9.17, 15) is 24.3 Å². The molecule has 0 aromatic carbocycles. The van der Waals surface area contributed by atoms with Gasteiger partial charge in [0.15, 0.2) is 0 Å². The van der Waals surface area contributed by atoms with Crippen molar-refractivity contribution in [2.75, 3.05) is 19.6 Å². The van der Waals surface area contributed by atoms with E-state index >= 15 is 0 Å². The molecule has 3 amide bonds. The molecule has 2 rings (SSSR count). The molecule has 4 atom stereocenters. The van der Waals surface area contributed by atoms with Crippen molar-refractivity contribution < 1.29 is 24.3 Å². The number of hydrogen-bond donors (Lipinski definition) is 4. The highest BCUT2D eigenvalue weighted by molar-refractivity contribution is 5.93. The predicted octanol–water partition coefficient (Wildman–Crippen LogP) is -0.539. The Morgan fingerprint density at radius 3 is 2.56 bits per heavy atom. The Morgan fingerprint density at radius 2 is 1.96 bits per heavy atom. The Morgan fingerprint density at radius 1 is 1.22 bits per heavy atom. The highest BCUT2D eigenvalue weighted by atomic mass is 16.4. The van der Waals surface area contributed by atoms with Crippen LogP contribution in [0, 0.1) is 5.92 Å². The Kier molecular flexibility index (Phi) is 7.58. The Balaban J connectivity index is 1.91. The van der Waals surface area contributed by atoms with Crippen LogP contribution in [0.2, 0.25) is 0 Å². The zero-order valence-electron chi connectivity index (χ0n) is 16.0. The maximum atomic E-state index is 12.6. The van der Waals surface area contributed by atoms with Crippen LogP contribution < -0.4 is 16.0 Å². The molecule has 2 aliphatic heterocycles. The number of aliphatic carboxylic acids is 1. The van der Waals surface area contributed by atoms with Gasteiger partial charge in [0.25, 0.3) is 0 Å². The Bertz CT molecular complexity index is 576. The second-order valence-electron chi connectivity index (χ2n) is 7.32. The molecule has 0 aliphatic carbocycles. The first-order chi connectivity index (χ1) is 12.8. The van der Waals surface area contributed by atoms with Crippen LogP contribution in [-0.2, 0) is 19.2 Å². The molecule has 9 heteroatoms. The van der Waals surface area contributed by atoms with E-state index in [4.69, 9.17) is 0 Å². The molecule has 4 unspecified atom stereocenters. The SMILES string of the molecule is CCC(C)C(NC(=O)C1CCCN1)C(=O)NCC(=O)N1CCCC1C(=O)O. The minimum Gasteiger partial charge on any atom is -0.480 e. The van der Waals surface area contributed by atoms with Crippen LogP contribution in [0.5, 0.6) is 0 Å². The first-order valence-electron chi connectivity index (χ1n) is 9.68. The third kappa shape index (κ3) is 5.41. The predicted molar refractivity (Wildman–Crippen MR) is 97.8 cm³/mol. The van der Waals surface area contributed by atoms with E-state index < -0.39 is 29.9 Å². The van der Waals surface area contributed by atoms with Crippen LogP contribution in [-0.4, -0.2) is 71.5 Å². The van der Waals surface area contributed by atoms with Crippen LogP contribution in [0.3, 0.4) is 0 Å². The highest BCUT2D eigenvalue weighted by Gasteiger charge is 2.35. The first kappa shape index (κ1) is 21.1. The van der Waals surface area contributed by atoms with Crippen molar-refractivity contribution in [3.05, 3.63) is 0 Å². The molecule has 2 saturated heterocycles. The molecular formula is C18H30N4O5. The summed E-state index contributed by atoms with van der Waals surface area (Å²) in [4.78, 5) is 49.8. The van der Waals surface area contributed by atoms with E-state index in [1.54, 1.807) is 0 Å². The number of carboxylic acid groups (broad SMARTS) is 1. The fourth-order valence-electron chi connectivity index (χ4n) is 3.56. The summed E-state index contributed by atoms with van der Waals surface area (Å²) >= 11 is 0. The van der Waals surface area contributed by atoms with E-state index in [-0.39, 0.29) is 24.4 Å². The molecule has 27 heavy (non-hydrogen) atoms. The highest BCUT2D eigenvalue weighted by Crippen LogP contribution is 2.17. The molecule has 4 N–H and O–H groups in total. The number of nitrogens with zero attached hydrogens (tertiary/aromatic N) is 1. The molecule has 2 aliphatic rings. The summed E-state index contributed by atoms with van der Waals surface area (Å²) < 4.78 is 0. The minimum absolute atomic E-state index is 0.0935. The third-order valence-corrected chi connectivity index (χ3v) is 5.44. The monoisotopic (exact) mass is 382 g/mol. The van der Waals surface area contributed by atoms with E-state index in [2.05, 4.69) is 16.0 Å². The van der Waals surface area contributed by atoms with Gasteiger partial charge in [-0.05, 0) is 38.1 Å². The number of likely N-dealkylation sites (tertiary alicyclic amines) is 1. The lowest BCUT2D eigenvalue weighted by atomic mass is 9.97. The average molecular weight is 382 g/mol. The summed E-state index contributed by atoms with van der Waals surface area (Å²) in [5.74, 6) is -2.16. The first-order valence-corrected chi connectivity index (χ1v) is 9.68. The van der Waals surface area contributed by atoms with E-state index in [0.717, 1.165) is 19.4 Å². The molecule has 9 nitrogen and oxygen atoms in total. The van der Waals surface area contributed by atoms with Gasteiger partial charge >= 0.3 is 5.97 Å². The normalized spacial score (nSPS) is 24.3. The molecule has 2 heterocycles. The van der Waals surface area contributed by atoms with Gasteiger partial charge in [-0.3, -0.25) is 14.4 Å². The van der Waals surface area contributed by atoms with E-state index in [1.807, 2.05) is 13.8 Å². The smallest absolute Gasteiger partial charge is 0.326 e. The van der Waals surface area contributed by atoms with Gasteiger partial charge < -0.3 is 26.0 Å². The molecule has 0 aromatic heterocycles. The Labute approximate surface area is 159 Å². The number of carbonyl (C=O) groups is 4. The molecule has 152 valence electrons. The van der Waals surface area contributed by atoms with Crippen molar-refractivity contribution in [3.63, 3.8) is 0 Å². The quantitative estimate of drug-likeness (QED) is 0.446. The fourth-order valence-corrected chi connectivity index (χ4v) is 3.56. The van der Waals surface area contributed by atoms with Crippen molar-refractivity contribution in [2.24, 2.45) is 5.92 Å². The standard InChI is InChI=1S/C18H30N4O5/c1-3-11(2)15(21-16(24)12-6-4-8-19-12)17(25)20-10-14(23)22-9-5-7-13(22)18(26)27/h11-13,15,19H,3-10H2,1-2H3,(H,20,25)(H,21,24)(H,26,27). The van der Waals surface area contributed by atoms with E-state index in [0.29, 0.717) is 25.8 Å². The molecule has 0 bridgehead atoms. The van der Waals surface area contributed by atoms with Crippen LogP contribution >= 0.6 is 0 Å². The molecule has 0 spiro atoms. The lowest BCUT2D eigenvalue weighted by Crippen LogP contribution is -2.55. The lowest BCUT2D eigenvalue weighted by Gasteiger charge is -2.26. The van der Waals surface area contributed by atoms with Crippen molar-refractivity contribution in [3.8, 4) is 0 Å². The topological polar surface area (TPSA) is 128 Å². The van der Waals surface area contributed by atoms with Crippen molar-refractivity contribution in [1.29, 1.82) is 0 Å². The Hall–Kier alpha value is -2.16. The number of nitrogens with one attached hydrogen (secondary N) is 3. The number of amides is 3. The van der Waals surface area contributed by atoms with Crippen molar-refractivity contribution in [1.82, 2.24) is 20.9 Å². The minimum atomic E-state index is -1.03. The van der Waals surface area contributed by atoms with Crippen LogP contribution in [0.25, 0.3) is 0 Å². The van der Waals surface area contributed by atoms with Gasteiger partial charge in [-0.25, -0.2) is 4.79 Å². The number of hydrogen-bond acceptors (Lipinski definition) is 5. The third-order valence-electron chi connectivity index (χ3n) is 5.44. The van der Waals surface area contributed by atoms with Gasteiger partial charge in [-0.15, -0.1) is 0 Å². The molecular weight excluding hydrogens is 352 g/mol. The lowest BCUT2D eigenvalue weighted by molar-refractivity contribution is -0.148. The maximum Gasteiger partial charge on any atom is 0.326 e. The van der Waals surface area contributed by atoms with Crippen LogP contribution in [0.1, 0.15) is 46.0 Å². The van der Waals surface area contributed by atoms with Crippen LogP contribution in [0.4, 0.5) is 0 Å². The second kappa shape index (κ2) is 9.68. The second-order valence-corrected chi connectivity index (χ2v) is 7.32. The summed E-state index contributed by atoms with van der Waals surface area (Å²) in [5, 5.41) is 17.6. The molecule has 2 fully saturated rings. The molecule has 0 saturated carbocycles. The summed E-state index contributed by atoms with van der Waals surface area (Å²) in [6.07, 6.45) is 3.42. The van der Waals surface area contributed by atoms with E-state index in [1.165, 1.54) is 4.90 Å². The fraction of sp³-hybridized carbons (Fsp3) is 0.778. The van der Waals surface area contributed by atoms with Gasteiger partial charge in [0.1, 0.15) is 12.1 Å². The van der Waals surface area contributed by atoms with Gasteiger partial charge in [0, 0.05) is 6.54 Å². The summed E-state index contributed by atoms with van der Waals surface area (Å²) in [7, 11) is 0. The number of rotatable bonds is 8. The van der Waals surface area contributed by atoms with Gasteiger partial charge in [-0.1, -0.05) is 20.3 Å². The summed E-state index contributed by atoms with van der Waals surface area (Å²) in [6.45, 7) is 4.69. The summed E-state index contributed by atoms with van der Waals surface area (Å²) in [6, 6.07) is -1.84. The van der Waals surface area contributed by atoms with Gasteiger partial charge in [-0.2, -0.15) is 0 Å². The summed E-state index contributed by atoms with van der Waals surface area (Å²) in [5.41, 5.74) is 0. The molecule has 0 radical (unpaired) electrons. The van der Waals surface area contributed by atoms with Gasteiger partial charge in [0.05, 0.1) is 12.6 Å². The average Bonchev–Trinajstić information content (AvgIpc) is 3.34. The number of carboxylic acids is 1. The molecule has 0 aromatic rings. The van der Waals surface area contributed by atoms with Crippen LogP contribution in [0.15, 0.2) is 0 Å². The number of carbonyl (C=O) groups excluding carboxylic acids is 3. The largest absolute Gasteiger partial charge is 0.480 e. The zero-order valence-corrected chi connectivity index (χ0v) is 16.0. The zero-order chi connectivity index (χ0) is 20.0.